The van der Waals surface area contributed by atoms with Crippen molar-refractivity contribution in [3.05, 3.63) is 40.5 Å². The number of anilines is 1. The first-order chi connectivity index (χ1) is 7.68. The molecule has 0 aliphatic rings. The third kappa shape index (κ3) is 2.06. The highest BCUT2D eigenvalue weighted by Gasteiger charge is 2.15. The van der Waals surface area contributed by atoms with Crippen LogP contribution in [0.4, 0.5) is 5.82 Å². The van der Waals surface area contributed by atoms with Gasteiger partial charge in [0.25, 0.3) is 0 Å². The van der Waals surface area contributed by atoms with Crippen LogP contribution in [0.5, 0.6) is 5.75 Å². The van der Waals surface area contributed by atoms with Gasteiger partial charge in [0.15, 0.2) is 0 Å². The molecule has 2 aromatic rings. The fourth-order valence-electron chi connectivity index (χ4n) is 1.14. The van der Waals surface area contributed by atoms with Crippen LogP contribution in [0.2, 0.25) is 0 Å². The summed E-state index contributed by atoms with van der Waals surface area (Å²) in [5, 5.41) is 6.11. The van der Waals surface area contributed by atoms with Gasteiger partial charge in [0.2, 0.25) is 0 Å². The number of carbonyl (C=O) groups excluding carboxylic acids is 1. The van der Waals surface area contributed by atoms with E-state index in [1.54, 1.807) is 18.2 Å². The molecule has 0 saturated heterocycles. The van der Waals surface area contributed by atoms with Crippen molar-refractivity contribution in [1.82, 2.24) is 10.2 Å². The van der Waals surface area contributed by atoms with Gasteiger partial charge in [-0.2, -0.15) is 5.10 Å². The molecule has 3 N–H and O–H groups in total. The molecule has 1 aromatic heterocycles. The number of carbonyl (C=O) groups is 1. The summed E-state index contributed by atoms with van der Waals surface area (Å²) >= 11 is 3.27. The summed E-state index contributed by atoms with van der Waals surface area (Å²) in [5.41, 5.74) is 5.72. The van der Waals surface area contributed by atoms with E-state index in [0.717, 1.165) is 0 Å². The number of rotatable bonds is 2. The molecule has 0 bridgehead atoms. The summed E-state index contributed by atoms with van der Waals surface area (Å²) < 4.78 is 5.84. The van der Waals surface area contributed by atoms with Crippen LogP contribution < -0.4 is 10.5 Å². The second-order valence-corrected chi connectivity index (χ2v) is 3.87. The number of hydrogen-bond donors (Lipinski definition) is 2. The minimum Gasteiger partial charge on any atom is -0.422 e. The molecule has 16 heavy (non-hydrogen) atoms. The number of esters is 1. The van der Waals surface area contributed by atoms with Gasteiger partial charge in [-0.15, -0.1) is 0 Å². The summed E-state index contributed by atoms with van der Waals surface area (Å²) in [6, 6.07) is 7.05. The fraction of sp³-hybridized carbons (Fsp3) is 0. The second-order valence-electron chi connectivity index (χ2n) is 3.02. The molecule has 0 saturated carbocycles. The topological polar surface area (TPSA) is 81.0 Å². The summed E-state index contributed by atoms with van der Waals surface area (Å²) in [6.07, 6.45) is 1.33. The van der Waals surface area contributed by atoms with Crippen molar-refractivity contribution in [2.75, 3.05) is 5.73 Å². The van der Waals surface area contributed by atoms with Gasteiger partial charge in [0.1, 0.15) is 17.1 Å². The van der Waals surface area contributed by atoms with Crippen molar-refractivity contribution >= 4 is 27.7 Å². The van der Waals surface area contributed by atoms with Crippen molar-refractivity contribution in [3.63, 3.8) is 0 Å². The Morgan fingerprint density at radius 2 is 2.19 bits per heavy atom. The lowest BCUT2D eigenvalue weighted by molar-refractivity contribution is 0.0735. The summed E-state index contributed by atoms with van der Waals surface area (Å²) in [4.78, 5) is 11.7. The predicted molar refractivity (Wildman–Crippen MR) is 62.1 cm³/mol. The van der Waals surface area contributed by atoms with Gasteiger partial charge in [0.05, 0.1) is 10.7 Å². The van der Waals surface area contributed by atoms with Gasteiger partial charge in [-0.1, -0.05) is 12.1 Å². The van der Waals surface area contributed by atoms with E-state index in [-0.39, 0.29) is 11.4 Å². The van der Waals surface area contributed by atoms with E-state index >= 15 is 0 Å². The zero-order chi connectivity index (χ0) is 11.5. The Labute approximate surface area is 99.7 Å². The number of nitrogens with one attached hydrogen (secondary N) is 1. The van der Waals surface area contributed by atoms with Crippen LogP contribution >= 0.6 is 15.9 Å². The molecule has 0 amide bonds. The van der Waals surface area contributed by atoms with Gasteiger partial charge < -0.3 is 10.5 Å². The van der Waals surface area contributed by atoms with E-state index in [4.69, 9.17) is 10.5 Å². The molecule has 2 rings (SSSR count). The van der Waals surface area contributed by atoms with Crippen molar-refractivity contribution in [2.45, 2.75) is 0 Å². The summed E-state index contributed by atoms with van der Waals surface area (Å²) in [5.74, 6) is 0.0864. The molecule has 5 nitrogen and oxygen atoms in total. The Morgan fingerprint density at radius 1 is 1.44 bits per heavy atom. The Bertz CT molecular complexity index is 524. The number of para-hydroxylation sites is 1. The molecule has 0 fully saturated rings. The van der Waals surface area contributed by atoms with Crippen LogP contribution in [0.3, 0.4) is 0 Å². The third-order valence-electron chi connectivity index (χ3n) is 1.93. The van der Waals surface area contributed by atoms with Gasteiger partial charge in [-0.25, -0.2) is 4.79 Å². The average Bonchev–Trinajstić information content (AvgIpc) is 2.68. The highest BCUT2D eigenvalue weighted by atomic mass is 79.9. The fourth-order valence-corrected chi connectivity index (χ4v) is 1.51. The maximum atomic E-state index is 11.7. The summed E-state index contributed by atoms with van der Waals surface area (Å²) in [6.45, 7) is 0. The van der Waals surface area contributed by atoms with Crippen LogP contribution in [-0.2, 0) is 0 Å². The maximum Gasteiger partial charge on any atom is 0.348 e. The minimum absolute atomic E-state index is 0.192. The van der Waals surface area contributed by atoms with Crippen LogP contribution in [0.15, 0.2) is 34.9 Å². The van der Waals surface area contributed by atoms with E-state index in [2.05, 4.69) is 26.1 Å². The first-order valence-corrected chi connectivity index (χ1v) is 5.23. The number of aromatic amines is 1. The minimum atomic E-state index is -0.543. The molecule has 82 valence electrons. The van der Waals surface area contributed by atoms with Crippen LogP contribution in [0.1, 0.15) is 10.4 Å². The highest BCUT2D eigenvalue weighted by molar-refractivity contribution is 9.10. The number of nitrogens with two attached hydrogens (primary N) is 1. The lowest BCUT2D eigenvalue weighted by atomic mass is 10.3. The van der Waals surface area contributed by atoms with Crippen molar-refractivity contribution < 1.29 is 9.53 Å². The Kier molecular flexibility index (Phi) is 2.91. The number of nitrogens with zero attached hydrogens (tertiary/aromatic N) is 1. The molecule has 1 heterocycles. The lowest BCUT2D eigenvalue weighted by Crippen LogP contribution is -2.10. The van der Waals surface area contributed by atoms with Crippen molar-refractivity contribution in [2.24, 2.45) is 0 Å². The first kappa shape index (κ1) is 10.7. The first-order valence-electron chi connectivity index (χ1n) is 4.44. The van der Waals surface area contributed by atoms with Crippen LogP contribution in [-0.4, -0.2) is 16.2 Å². The molecule has 0 aliphatic heterocycles. The number of benzene rings is 1. The molecule has 0 aliphatic carbocycles. The number of ether oxygens (including phenoxy) is 1. The Hall–Kier alpha value is -1.82. The Morgan fingerprint density at radius 3 is 2.81 bits per heavy atom. The molecule has 0 atom stereocenters. The van der Waals surface area contributed by atoms with Crippen LogP contribution in [0.25, 0.3) is 0 Å². The van der Waals surface area contributed by atoms with Crippen LogP contribution in [0, 0.1) is 0 Å². The lowest BCUT2D eigenvalue weighted by Gasteiger charge is -2.04. The number of nitrogen functional groups attached to an aromatic ring is 1. The molecule has 1 aromatic carbocycles. The number of H-pyrrole nitrogens is 1. The van der Waals surface area contributed by atoms with E-state index in [9.17, 15) is 4.79 Å². The zero-order valence-electron chi connectivity index (χ0n) is 8.11. The standard InChI is InChI=1S/C10H8BrN3O2/c11-7-3-1-2-4-8(7)16-10(15)6-5-13-14-9(6)12/h1-5H,(H3,12,13,14). The van der Waals surface area contributed by atoms with E-state index in [1.807, 2.05) is 6.07 Å². The van der Waals surface area contributed by atoms with E-state index < -0.39 is 5.97 Å². The van der Waals surface area contributed by atoms with Gasteiger partial charge >= 0.3 is 5.97 Å². The zero-order valence-corrected chi connectivity index (χ0v) is 9.69. The molecule has 6 heteroatoms. The van der Waals surface area contributed by atoms with Crippen molar-refractivity contribution in [3.8, 4) is 5.75 Å². The monoisotopic (exact) mass is 281 g/mol. The van der Waals surface area contributed by atoms with Crippen molar-refractivity contribution in [1.29, 1.82) is 0 Å². The third-order valence-corrected chi connectivity index (χ3v) is 2.58. The van der Waals surface area contributed by atoms with E-state index in [0.29, 0.717) is 10.2 Å². The predicted octanol–water partition coefficient (Wildman–Crippen LogP) is 1.97. The second kappa shape index (κ2) is 4.36. The molecular weight excluding hydrogens is 274 g/mol. The Balaban J connectivity index is 2.21. The maximum absolute atomic E-state index is 11.7. The molecule has 0 spiro atoms. The molecule has 0 unspecified atom stereocenters. The average molecular weight is 282 g/mol. The van der Waals surface area contributed by atoms with Gasteiger partial charge in [-0.3, -0.25) is 5.10 Å². The van der Waals surface area contributed by atoms with Gasteiger partial charge in [0, 0.05) is 0 Å². The normalized spacial score (nSPS) is 10.1. The van der Waals surface area contributed by atoms with E-state index in [1.165, 1.54) is 6.20 Å². The SMILES string of the molecule is Nc1[nH]ncc1C(=O)Oc1ccccc1Br. The largest absolute Gasteiger partial charge is 0.422 e. The van der Waals surface area contributed by atoms with Gasteiger partial charge in [-0.05, 0) is 28.1 Å². The highest BCUT2D eigenvalue weighted by Crippen LogP contribution is 2.25. The number of halogens is 1. The summed E-state index contributed by atoms with van der Waals surface area (Å²) in [7, 11) is 0. The quantitative estimate of drug-likeness (QED) is 0.651. The smallest absolute Gasteiger partial charge is 0.348 e. The number of aromatic nitrogens is 2. The molecular formula is C10H8BrN3O2. The molecule has 0 radical (unpaired) electrons. The number of hydrogen-bond acceptors (Lipinski definition) is 4.